The quantitative estimate of drug-likeness (QED) is 0.454. The molecule has 3 heterocycles. The minimum Gasteiger partial charge on any atom is -0.350 e. The van der Waals surface area contributed by atoms with Crippen LogP contribution < -0.4 is 5.32 Å². The van der Waals surface area contributed by atoms with Crippen LogP contribution in [0.25, 0.3) is 0 Å². The van der Waals surface area contributed by atoms with E-state index < -0.39 is 10.0 Å². The van der Waals surface area contributed by atoms with Crippen molar-refractivity contribution in [1.82, 2.24) is 24.5 Å². The number of thioether (sulfide) groups is 1. The van der Waals surface area contributed by atoms with E-state index in [-0.39, 0.29) is 16.6 Å². The smallest absolute Gasteiger partial charge is 0.244 e. The number of carbonyl (C=O) groups is 1. The number of rotatable bonds is 9. The predicted octanol–water partition coefficient (Wildman–Crippen LogP) is 2.39. The van der Waals surface area contributed by atoms with Crippen LogP contribution in [0.1, 0.15) is 11.3 Å². The summed E-state index contributed by atoms with van der Waals surface area (Å²) in [6, 6.07) is 18.9. The number of piperazine rings is 1. The van der Waals surface area contributed by atoms with Crippen molar-refractivity contribution in [2.75, 3.05) is 31.9 Å². The first-order valence-electron chi connectivity index (χ1n) is 11.0. The van der Waals surface area contributed by atoms with Crippen molar-refractivity contribution in [3.05, 3.63) is 84.3 Å². The Kier molecular flexibility index (Phi) is 8.28. The Hall–Kier alpha value is -2.79. The number of amides is 1. The first-order chi connectivity index (χ1) is 16.5. The molecule has 10 heteroatoms. The normalized spacial score (nSPS) is 15.2. The number of aromatic nitrogens is 2. The van der Waals surface area contributed by atoms with Crippen molar-refractivity contribution in [2.24, 2.45) is 0 Å². The molecule has 0 unspecified atom stereocenters. The Morgan fingerprint density at radius 2 is 1.71 bits per heavy atom. The van der Waals surface area contributed by atoms with Gasteiger partial charge in [0.1, 0.15) is 4.90 Å². The number of carbonyl (C=O) groups excluding carboxylic acids is 1. The third-order valence-electron chi connectivity index (χ3n) is 5.47. The van der Waals surface area contributed by atoms with Gasteiger partial charge in [-0.3, -0.25) is 14.7 Å². The summed E-state index contributed by atoms with van der Waals surface area (Å²) in [5, 5.41) is 3.41. The lowest BCUT2D eigenvalue weighted by Gasteiger charge is -2.33. The second-order valence-electron chi connectivity index (χ2n) is 7.88. The van der Waals surface area contributed by atoms with E-state index in [9.17, 15) is 13.2 Å². The van der Waals surface area contributed by atoms with Gasteiger partial charge in [0.15, 0.2) is 0 Å². The molecule has 3 aromatic rings. The molecule has 4 rings (SSSR count). The maximum Gasteiger partial charge on any atom is 0.244 e. The van der Waals surface area contributed by atoms with Crippen LogP contribution >= 0.6 is 11.8 Å². The van der Waals surface area contributed by atoms with Gasteiger partial charge in [-0.05, 0) is 29.8 Å². The van der Waals surface area contributed by atoms with Gasteiger partial charge in [-0.15, -0.1) is 0 Å². The van der Waals surface area contributed by atoms with Gasteiger partial charge in [0.2, 0.25) is 15.9 Å². The molecule has 1 fully saturated rings. The summed E-state index contributed by atoms with van der Waals surface area (Å²) in [6.45, 7) is 3.44. The van der Waals surface area contributed by atoms with E-state index in [4.69, 9.17) is 0 Å². The molecule has 178 valence electrons. The first kappa shape index (κ1) is 24.3. The van der Waals surface area contributed by atoms with Gasteiger partial charge in [0.05, 0.1) is 23.0 Å². The zero-order valence-corrected chi connectivity index (χ0v) is 20.3. The molecular formula is C24H27N5O3S2. The molecule has 34 heavy (non-hydrogen) atoms. The van der Waals surface area contributed by atoms with Crippen molar-refractivity contribution >= 4 is 27.7 Å². The van der Waals surface area contributed by atoms with Crippen LogP contribution in [-0.2, 0) is 27.9 Å². The number of pyridine rings is 2. The number of hydrogen-bond acceptors (Lipinski definition) is 7. The van der Waals surface area contributed by atoms with E-state index in [1.54, 1.807) is 18.3 Å². The zero-order valence-electron chi connectivity index (χ0n) is 18.7. The van der Waals surface area contributed by atoms with Gasteiger partial charge in [-0.1, -0.05) is 48.2 Å². The molecule has 1 N–H and O–H groups in total. The van der Waals surface area contributed by atoms with Crippen molar-refractivity contribution in [3.63, 3.8) is 0 Å². The average molecular weight is 498 g/mol. The monoisotopic (exact) mass is 497 g/mol. The summed E-state index contributed by atoms with van der Waals surface area (Å²) in [5.74, 6) is 0.0532. The molecule has 0 aliphatic carbocycles. The molecule has 0 spiro atoms. The van der Waals surface area contributed by atoms with E-state index in [0.29, 0.717) is 37.7 Å². The summed E-state index contributed by atoms with van der Waals surface area (Å²) in [4.78, 5) is 22.9. The third-order valence-corrected chi connectivity index (χ3v) is 8.30. The highest BCUT2D eigenvalue weighted by atomic mass is 32.2. The standard InChI is InChI=1S/C24H27N5O3S2/c30-23(26-16-21-8-4-5-11-25-21)19-33-24-10-9-22(17-27-24)34(31,32)29-14-12-28(13-15-29)18-20-6-2-1-3-7-20/h1-11,17H,12-16,18-19H2,(H,26,30). The van der Waals surface area contributed by atoms with Gasteiger partial charge in [0.25, 0.3) is 0 Å². The lowest BCUT2D eigenvalue weighted by molar-refractivity contribution is -0.118. The number of nitrogens with one attached hydrogen (secondary N) is 1. The molecule has 0 bridgehead atoms. The molecule has 1 aliphatic heterocycles. The van der Waals surface area contributed by atoms with Crippen molar-refractivity contribution in [2.45, 2.75) is 23.0 Å². The summed E-state index contributed by atoms with van der Waals surface area (Å²) in [6.07, 6.45) is 3.06. The minimum absolute atomic E-state index is 0.137. The van der Waals surface area contributed by atoms with Gasteiger partial charge in [0, 0.05) is 45.1 Å². The highest BCUT2D eigenvalue weighted by Gasteiger charge is 2.28. The Morgan fingerprint density at radius 3 is 2.38 bits per heavy atom. The fourth-order valence-corrected chi connectivity index (χ4v) is 5.65. The van der Waals surface area contributed by atoms with E-state index in [1.807, 2.05) is 36.4 Å². The topological polar surface area (TPSA) is 95.5 Å². The number of sulfonamides is 1. The molecule has 0 saturated carbocycles. The predicted molar refractivity (Wildman–Crippen MR) is 132 cm³/mol. The first-order valence-corrected chi connectivity index (χ1v) is 13.5. The Balaban J connectivity index is 1.25. The van der Waals surface area contributed by atoms with Gasteiger partial charge in [-0.2, -0.15) is 4.31 Å². The minimum atomic E-state index is -3.60. The Morgan fingerprint density at radius 1 is 0.941 bits per heavy atom. The van der Waals surface area contributed by atoms with Crippen LogP contribution in [0.2, 0.25) is 0 Å². The van der Waals surface area contributed by atoms with Crippen LogP contribution in [0.15, 0.2) is 83.0 Å². The Bertz CT molecular complexity index is 1170. The second kappa shape index (κ2) is 11.6. The molecule has 0 radical (unpaired) electrons. The van der Waals surface area contributed by atoms with Crippen LogP contribution in [0, 0.1) is 0 Å². The lowest BCUT2D eigenvalue weighted by Crippen LogP contribution is -2.48. The molecule has 2 aromatic heterocycles. The van der Waals surface area contributed by atoms with Crippen LogP contribution in [0.5, 0.6) is 0 Å². The summed E-state index contributed by atoms with van der Waals surface area (Å²) < 4.78 is 27.6. The molecular weight excluding hydrogens is 470 g/mol. The van der Waals surface area contributed by atoms with E-state index in [1.165, 1.54) is 27.8 Å². The number of nitrogens with zero attached hydrogens (tertiary/aromatic N) is 4. The zero-order chi connectivity index (χ0) is 23.8. The molecule has 1 aromatic carbocycles. The van der Waals surface area contributed by atoms with Crippen LogP contribution in [0.3, 0.4) is 0 Å². The van der Waals surface area contributed by atoms with E-state index >= 15 is 0 Å². The summed E-state index contributed by atoms with van der Waals surface area (Å²) >= 11 is 1.26. The summed E-state index contributed by atoms with van der Waals surface area (Å²) in [7, 11) is -3.60. The van der Waals surface area contributed by atoms with Gasteiger partial charge in [-0.25, -0.2) is 13.4 Å². The van der Waals surface area contributed by atoms with Crippen molar-refractivity contribution in [1.29, 1.82) is 0 Å². The SMILES string of the molecule is O=C(CSc1ccc(S(=O)(=O)N2CCN(Cc3ccccc3)CC2)cn1)NCc1ccccn1. The van der Waals surface area contributed by atoms with E-state index in [2.05, 4.69) is 32.3 Å². The number of benzene rings is 1. The van der Waals surface area contributed by atoms with E-state index in [0.717, 1.165) is 12.2 Å². The van der Waals surface area contributed by atoms with Gasteiger partial charge >= 0.3 is 0 Å². The third kappa shape index (κ3) is 6.63. The molecule has 1 aliphatic rings. The lowest BCUT2D eigenvalue weighted by atomic mass is 10.2. The van der Waals surface area contributed by atoms with Crippen molar-refractivity contribution < 1.29 is 13.2 Å². The molecule has 8 nitrogen and oxygen atoms in total. The Labute approximate surface area is 204 Å². The average Bonchev–Trinajstić information content (AvgIpc) is 2.88. The fourth-order valence-electron chi connectivity index (χ4n) is 3.61. The number of hydrogen-bond donors (Lipinski definition) is 1. The highest BCUT2D eigenvalue weighted by Crippen LogP contribution is 2.21. The molecule has 0 atom stereocenters. The molecule has 1 saturated heterocycles. The van der Waals surface area contributed by atoms with Crippen LogP contribution in [0.4, 0.5) is 0 Å². The van der Waals surface area contributed by atoms with Crippen LogP contribution in [-0.4, -0.2) is 65.4 Å². The largest absolute Gasteiger partial charge is 0.350 e. The highest BCUT2D eigenvalue weighted by molar-refractivity contribution is 7.99. The van der Waals surface area contributed by atoms with Crippen molar-refractivity contribution in [3.8, 4) is 0 Å². The second-order valence-corrected chi connectivity index (χ2v) is 10.8. The summed E-state index contributed by atoms with van der Waals surface area (Å²) in [5.41, 5.74) is 2.01. The van der Waals surface area contributed by atoms with Gasteiger partial charge < -0.3 is 5.32 Å². The maximum absolute atomic E-state index is 13.0. The molecule has 1 amide bonds. The fraction of sp³-hybridized carbons (Fsp3) is 0.292. The maximum atomic E-state index is 13.0.